The second kappa shape index (κ2) is 10.7. The molecule has 0 amide bonds. The van der Waals surface area contributed by atoms with Gasteiger partial charge in [0.15, 0.2) is 0 Å². The Balaban J connectivity index is 2.08. The van der Waals surface area contributed by atoms with Gasteiger partial charge in [-0.25, -0.2) is 0 Å². The predicted molar refractivity (Wildman–Crippen MR) is 76.7 cm³/mol. The van der Waals surface area contributed by atoms with E-state index in [0.29, 0.717) is 6.61 Å². The molecule has 0 aromatic heterocycles. The van der Waals surface area contributed by atoms with Crippen molar-refractivity contribution >= 4 is 0 Å². The third kappa shape index (κ3) is 7.31. The maximum atomic E-state index is 8.80. The minimum atomic E-state index is 0.334. The summed E-state index contributed by atoms with van der Waals surface area (Å²) in [6, 6.07) is 0. The van der Waals surface area contributed by atoms with E-state index in [1.165, 1.54) is 58.4 Å². The fraction of sp³-hybridized carbons (Fsp3) is 1.00. The van der Waals surface area contributed by atoms with E-state index >= 15 is 0 Å². The van der Waals surface area contributed by atoms with Crippen LogP contribution in [-0.4, -0.2) is 67.3 Å². The van der Waals surface area contributed by atoms with Crippen molar-refractivity contribution in [3.63, 3.8) is 0 Å². The molecule has 1 saturated heterocycles. The summed E-state index contributed by atoms with van der Waals surface area (Å²) in [5, 5.41) is 8.80. The molecule has 0 unspecified atom stereocenters. The smallest absolute Gasteiger partial charge is 0.0431 e. The average Bonchev–Trinajstić information content (AvgIpc) is 2.61. The molecule has 108 valence electrons. The lowest BCUT2D eigenvalue weighted by atomic mass is 10.2. The van der Waals surface area contributed by atoms with Crippen molar-refractivity contribution in [2.45, 2.75) is 38.5 Å². The molecular weight excluding hydrogens is 226 g/mol. The first kappa shape index (κ1) is 15.9. The zero-order valence-corrected chi connectivity index (χ0v) is 11.8. The van der Waals surface area contributed by atoms with Crippen LogP contribution in [0.15, 0.2) is 0 Å². The van der Waals surface area contributed by atoms with E-state index in [4.69, 9.17) is 10.8 Å². The number of aliphatic hydroxyl groups is 1. The number of hydrogen-bond donors (Lipinski definition) is 2. The van der Waals surface area contributed by atoms with E-state index in [2.05, 4.69) is 9.80 Å². The van der Waals surface area contributed by atoms with Crippen LogP contribution in [0.3, 0.4) is 0 Å². The lowest BCUT2D eigenvalue weighted by molar-refractivity contribution is 0.236. The van der Waals surface area contributed by atoms with Crippen molar-refractivity contribution in [2.24, 2.45) is 5.73 Å². The summed E-state index contributed by atoms with van der Waals surface area (Å²) in [7, 11) is 0. The van der Waals surface area contributed by atoms with Crippen molar-refractivity contribution in [3.05, 3.63) is 0 Å². The Labute approximate surface area is 112 Å². The van der Waals surface area contributed by atoms with E-state index in [9.17, 15) is 0 Å². The van der Waals surface area contributed by atoms with E-state index in [1.54, 1.807) is 0 Å². The second-order valence-corrected chi connectivity index (χ2v) is 5.32. The van der Waals surface area contributed by atoms with Gasteiger partial charge < -0.3 is 20.6 Å². The van der Waals surface area contributed by atoms with Gasteiger partial charge in [-0.15, -0.1) is 0 Å². The molecule has 1 fully saturated rings. The minimum absolute atomic E-state index is 0.334. The van der Waals surface area contributed by atoms with Crippen LogP contribution >= 0.6 is 0 Å². The molecule has 4 heteroatoms. The van der Waals surface area contributed by atoms with Crippen LogP contribution in [0.25, 0.3) is 0 Å². The number of hydrogen-bond acceptors (Lipinski definition) is 4. The molecule has 1 aliphatic rings. The number of aliphatic hydroxyl groups excluding tert-OH is 1. The highest BCUT2D eigenvalue weighted by Gasteiger charge is 2.13. The van der Waals surface area contributed by atoms with Gasteiger partial charge in [0, 0.05) is 19.7 Å². The first-order valence-electron chi connectivity index (χ1n) is 7.62. The first-order chi connectivity index (χ1) is 8.86. The molecule has 0 radical (unpaired) electrons. The lowest BCUT2D eigenvalue weighted by Gasteiger charge is -2.21. The van der Waals surface area contributed by atoms with Gasteiger partial charge >= 0.3 is 0 Å². The Kier molecular flexibility index (Phi) is 9.48. The minimum Gasteiger partial charge on any atom is -0.396 e. The SMILES string of the molecule is NCCCCCN1CCCN(CCCCO)CC1. The van der Waals surface area contributed by atoms with Crippen LogP contribution in [0, 0.1) is 0 Å². The highest BCUT2D eigenvalue weighted by atomic mass is 16.2. The Bertz CT molecular complexity index is 190. The highest BCUT2D eigenvalue weighted by molar-refractivity contribution is 4.69. The summed E-state index contributed by atoms with van der Waals surface area (Å²) in [5.74, 6) is 0. The molecule has 0 spiro atoms. The average molecular weight is 257 g/mol. The van der Waals surface area contributed by atoms with Crippen molar-refractivity contribution in [3.8, 4) is 0 Å². The molecule has 0 aromatic rings. The standard InChI is InChI=1S/C14H31N3O/c15-7-2-1-3-8-16-10-6-11-17(13-12-16)9-4-5-14-18/h18H,1-15H2. The number of nitrogens with two attached hydrogens (primary N) is 1. The van der Waals surface area contributed by atoms with Gasteiger partial charge in [-0.2, -0.15) is 0 Å². The zero-order valence-electron chi connectivity index (χ0n) is 11.8. The van der Waals surface area contributed by atoms with Crippen LogP contribution in [0.2, 0.25) is 0 Å². The zero-order chi connectivity index (χ0) is 13.1. The van der Waals surface area contributed by atoms with Gasteiger partial charge in [-0.1, -0.05) is 6.42 Å². The Morgan fingerprint density at radius 2 is 1.39 bits per heavy atom. The molecule has 0 aliphatic carbocycles. The molecule has 1 aliphatic heterocycles. The van der Waals surface area contributed by atoms with Crippen molar-refractivity contribution in [2.75, 3.05) is 52.4 Å². The molecule has 1 heterocycles. The molecule has 3 N–H and O–H groups in total. The van der Waals surface area contributed by atoms with E-state index in [1.807, 2.05) is 0 Å². The summed E-state index contributed by atoms with van der Waals surface area (Å²) in [6.45, 7) is 8.44. The largest absolute Gasteiger partial charge is 0.396 e. The molecule has 1 rings (SSSR count). The third-order valence-electron chi connectivity index (χ3n) is 3.74. The molecule has 18 heavy (non-hydrogen) atoms. The molecule has 0 atom stereocenters. The maximum absolute atomic E-state index is 8.80. The van der Waals surface area contributed by atoms with Crippen LogP contribution < -0.4 is 5.73 Å². The number of unbranched alkanes of at least 4 members (excludes halogenated alkanes) is 3. The second-order valence-electron chi connectivity index (χ2n) is 5.32. The molecular formula is C14H31N3O. The summed E-state index contributed by atoms with van der Waals surface area (Å²) < 4.78 is 0. The number of nitrogens with zero attached hydrogens (tertiary/aromatic N) is 2. The van der Waals surface area contributed by atoms with Gasteiger partial charge in [0.25, 0.3) is 0 Å². The van der Waals surface area contributed by atoms with E-state index < -0.39 is 0 Å². The highest BCUT2D eigenvalue weighted by Crippen LogP contribution is 2.06. The van der Waals surface area contributed by atoms with Crippen molar-refractivity contribution in [1.82, 2.24) is 9.80 Å². The summed E-state index contributed by atoms with van der Waals surface area (Å²) >= 11 is 0. The monoisotopic (exact) mass is 257 g/mol. The predicted octanol–water partition coefficient (Wildman–Crippen LogP) is 0.896. The Morgan fingerprint density at radius 1 is 0.778 bits per heavy atom. The van der Waals surface area contributed by atoms with Crippen LogP contribution in [0.1, 0.15) is 38.5 Å². The van der Waals surface area contributed by atoms with E-state index in [-0.39, 0.29) is 0 Å². The molecule has 0 bridgehead atoms. The van der Waals surface area contributed by atoms with Crippen molar-refractivity contribution < 1.29 is 5.11 Å². The van der Waals surface area contributed by atoms with Gasteiger partial charge in [-0.3, -0.25) is 0 Å². The molecule has 0 aromatic carbocycles. The van der Waals surface area contributed by atoms with Gasteiger partial charge in [-0.05, 0) is 64.8 Å². The summed E-state index contributed by atoms with van der Waals surface area (Å²) in [5.41, 5.74) is 5.51. The Morgan fingerprint density at radius 3 is 1.94 bits per heavy atom. The van der Waals surface area contributed by atoms with Crippen LogP contribution in [-0.2, 0) is 0 Å². The van der Waals surface area contributed by atoms with Crippen molar-refractivity contribution in [1.29, 1.82) is 0 Å². The molecule has 4 nitrogen and oxygen atoms in total. The summed E-state index contributed by atoms with van der Waals surface area (Å²) in [6.07, 6.45) is 7.10. The summed E-state index contributed by atoms with van der Waals surface area (Å²) in [4.78, 5) is 5.15. The van der Waals surface area contributed by atoms with Gasteiger partial charge in [0.1, 0.15) is 0 Å². The number of rotatable bonds is 9. The maximum Gasteiger partial charge on any atom is 0.0431 e. The third-order valence-corrected chi connectivity index (χ3v) is 3.74. The quantitative estimate of drug-likeness (QED) is 0.603. The van der Waals surface area contributed by atoms with Crippen LogP contribution in [0.5, 0.6) is 0 Å². The first-order valence-corrected chi connectivity index (χ1v) is 7.62. The van der Waals surface area contributed by atoms with Crippen LogP contribution in [0.4, 0.5) is 0 Å². The fourth-order valence-corrected chi connectivity index (χ4v) is 2.58. The van der Waals surface area contributed by atoms with Gasteiger partial charge in [0.05, 0.1) is 0 Å². The topological polar surface area (TPSA) is 52.7 Å². The molecule has 0 saturated carbocycles. The van der Waals surface area contributed by atoms with Gasteiger partial charge in [0.2, 0.25) is 0 Å². The fourth-order valence-electron chi connectivity index (χ4n) is 2.58. The lowest BCUT2D eigenvalue weighted by Crippen LogP contribution is -2.32. The Hall–Kier alpha value is -0.160. The normalized spacial score (nSPS) is 19.0. The van der Waals surface area contributed by atoms with E-state index in [0.717, 1.165) is 25.9 Å².